The van der Waals surface area contributed by atoms with Crippen LogP contribution in [-0.4, -0.2) is 17.5 Å². The molecule has 0 spiro atoms. The number of benzene rings is 2. The molecule has 146 valence electrons. The van der Waals surface area contributed by atoms with E-state index in [4.69, 9.17) is 9.47 Å². The number of aromatic nitrogens is 1. The van der Waals surface area contributed by atoms with E-state index in [0.717, 1.165) is 29.8 Å². The van der Waals surface area contributed by atoms with Crippen LogP contribution >= 0.6 is 11.3 Å². The van der Waals surface area contributed by atoms with Gasteiger partial charge in [0, 0.05) is 18.5 Å². The molecule has 0 aliphatic heterocycles. The number of para-hydroxylation sites is 1. The van der Waals surface area contributed by atoms with Gasteiger partial charge in [-0.3, -0.25) is 4.79 Å². The number of rotatable bonds is 10. The zero-order valence-electron chi connectivity index (χ0n) is 15.9. The minimum Gasteiger partial charge on any atom is -0.486 e. The molecule has 0 saturated heterocycles. The molecule has 0 aliphatic carbocycles. The van der Waals surface area contributed by atoms with Crippen molar-refractivity contribution in [3.63, 3.8) is 0 Å². The summed E-state index contributed by atoms with van der Waals surface area (Å²) in [6.07, 6.45) is 0.983. The monoisotopic (exact) mass is 396 g/mol. The number of hydrogen-bond acceptors (Lipinski definition) is 5. The molecule has 28 heavy (non-hydrogen) atoms. The van der Waals surface area contributed by atoms with Crippen LogP contribution in [0.4, 0.5) is 0 Å². The number of carbonyl (C=O) groups is 1. The van der Waals surface area contributed by atoms with Gasteiger partial charge in [-0.25, -0.2) is 4.98 Å². The Balaban J connectivity index is 1.62. The first-order valence-corrected chi connectivity index (χ1v) is 10.2. The van der Waals surface area contributed by atoms with Gasteiger partial charge in [0.15, 0.2) is 0 Å². The second-order valence-electron chi connectivity index (χ2n) is 6.27. The summed E-state index contributed by atoms with van der Waals surface area (Å²) in [6, 6.07) is 15.2. The average Bonchev–Trinajstić information content (AvgIpc) is 3.25. The smallest absolute Gasteiger partial charge is 0.255 e. The van der Waals surface area contributed by atoms with Gasteiger partial charge < -0.3 is 14.8 Å². The normalized spacial score (nSPS) is 10.6. The van der Waals surface area contributed by atoms with Gasteiger partial charge in [-0.2, -0.15) is 0 Å². The first kappa shape index (κ1) is 20.0. The van der Waals surface area contributed by atoms with Crippen LogP contribution in [0.3, 0.4) is 0 Å². The highest BCUT2D eigenvalue weighted by atomic mass is 32.1. The first-order valence-electron chi connectivity index (χ1n) is 9.29. The van der Waals surface area contributed by atoms with E-state index in [-0.39, 0.29) is 5.91 Å². The van der Waals surface area contributed by atoms with Crippen molar-refractivity contribution in [2.75, 3.05) is 6.61 Å². The van der Waals surface area contributed by atoms with Crippen LogP contribution in [0.15, 0.2) is 59.4 Å². The number of nitrogens with zero attached hydrogens (tertiary/aromatic N) is 1. The lowest BCUT2D eigenvalue weighted by atomic mass is 10.1. The van der Waals surface area contributed by atoms with Crippen molar-refractivity contribution in [2.45, 2.75) is 33.1 Å². The van der Waals surface area contributed by atoms with Gasteiger partial charge in [0.05, 0.1) is 23.4 Å². The van der Waals surface area contributed by atoms with Crippen molar-refractivity contribution in [2.24, 2.45) is 0 Å². The highest BCUT2D eigenvalue weighted by Gasteiger charge is 2.13. The van der Waals surface area contributed by atoms with Gasteiger partial charge in [0.1, 0.15) is 12.4 Å². The van der Waals surface area contributed by atoms with E-state index >= 15 is 0 Å². The summed E-state index contributed by atoms with van der Waals surface area (Å²) in [4.78, 5) is 16.9. The zero-order valence-corrected chi connectivity index (χ0v) is 16.7. The van der Waals surface area contributed by atoms with Gasteiger partial charge in [-0.1, -0.05) is 43.3 Å². The lowest BCUT2D eigenvalue weighted by Crippen LogP contribution is -2.24. The largest absolute Gasteiger partial charge is 0.486 e. The summed E-state index contributed by atoms with van der Waals surface area (Å²) in [6.45, 7) is 4.13. The molecule has 0 atom stereocenters. The Morgan fingerprint density at radius 1 is 1.07 bits per heavy atom. The van der Waals surface area contributed by atoms with Crippen molar-refractivity contribution >= 4 is 17.2 Å². The van der Waals surface area contributed by atoms with Gasteiger partial charge in [-0.15, -0.1) is 11.3 Å². The van der Waals surface area contributed by atoms with Crippen molar-refractivity contribution < 1.29 is 14.3 Å². The molecule has 3 aromatic rings. The van der Waals surface area contributed by atoms with Crippen LogP contribution in [-0.2, 0) is 24.5 Å². The summed E-state index contributed by atoms with van der Waals surface area (Å²) in [5.74, 6) is 0.380. The van der Waals surface area contributed by atoms with E-state index in [1.165, 1.54) is 11.3 Å². The van der Waals surface area contributed by atoms with Crippen LogP contribution in [0, 0.1) is 0 Å². The lowest BCUT2D eigenvalue weighted by molar-refractivity contribution is 0.0944. The van der Waals surface area contributed by atoms with Crippen molar-refractivity contribution in [3.05, 3.63) is 81.8 Å². The Morgan fingerprint density at radius 3 is 2.64 bits per heavy atom. The summed E-state index contributed by atoms with van der Waals surface area (Å²) in [5, 5.41) is 4.92. The molecule has 6 heteroatoms. The molecule has 0 aliphatic rings. The molecule has 5 nitrogen and oxygen atoms in total. The predicted molar refractivity (Wildman–Crippen MR) is 110 cm³/mol. The maximum absolute atomic E-state index is 12.7. The van der Waals surface area contributed by atoms with Crippen LogP contribution < -0.4 is 10.1 Å². The topological polar surface area (TPSA) is 60.5 Å². The van der Waals surface area contributed by atoms with Gasteiger partial charge in [-0.05, 0) is 29.7 Å². The summed E-state index contributed by atoms with van der Waals surface area (Å²) in [7, 11) is 0. The Labute approximate surface area is 169 Å². The van der Waals surface area contributed by atoms with Crippen LogP contribution in [0.5, 0.6) is 5.75 Å². The Bertz CT molecular complexity index is 881. The van der Waals surface area contributed by atoms with E-state index in [0.29, 0.717) is 31.1 Å². The SMILES string of the molecule is CCCOCc1ccccc1CNC(=O)c1ccccc1OCc1cscn1. The molecular weight excluding hydrogens is 372 g/mol. The molecule has 1 aromatic heterocycles. The Morgan fingerprint density at radius 2 is 1.86 bits per heavy atom. The fraction of sp³-hybridized carbons (Fsp3) is 0.273. The molecule has 2 aromatic carbocycles. The van der Waals surface area contributed by atoms with Crippen molar-refractivity contribution in [1.29, 1.82) is 0 Å². The summed E-state index contributed by atoms with van der Waals surface area (Å²) < 4.78 is 11.5. The standard InChI is InChI=1S/C22H24N2O3S/c1-2-11-26-13-18-8-4-3-7-17(18)12-23-22(25)20-9-5-6-10-21(20)27-14-19-15-28-16-24-19/h3-10,15-16H,2,11-14H2,1H3,(H,23,25). The zero-order chi connectivity index (χ0) is 19.6. The fourth-order valence-corrected chi connectivity index (χ4v) is 3.25. The molecule has 0 fully saturated rings. The van der Waals surface area contributed by atoms with E-state index < -0.39 is 0 Å². The second-order valence-corrected chi connectivity index (χ2v) is 6.99. The molecule has 1 N–H and O–H groups in total. The highest BCUT2D eigenvalue weighted by molar-refractivity contribution is 7.07. The predicted octanol–water partition coefficient (Wildman–Crippen LogP) is 4.58. The number of amides is 1. The number of hydrogen-bond donors (Lipinski definition) is 1. The summed E-state index contributed by atoms with van der Waals surface area (Å²) in [5.41, 5.74) is 5.26. The minimum absolute atomic E-state index is 0.168. The molecule has 1 amide bonds. The molecule has 0 bridgehead atoms. The highest BCUT2D eigenvalue weighted by Crippen LogP contribution is 2.20. The average molecular weight is 397 g/mol. The van der Waals surface area contributed by atoms with E-state index in [9.17, 15) is 4.79 Å². The van der Waals surface area contributed by atoms with Crippen LogP contribution in [0.1, 0.15) is 40.5 Å². The fourth-order valence-electron chi connectivity index (χ4n) is 2.71. The molecule has 0 radical (unpaired) electrons. The molecule has 1 heterocycles. The third-order valence-electron chi connectivity index (χ3n) is 4.15. The van der Waals surface area contributed by atoms with Crippen LogP contribution in [0.2, 0.25) is 0 Å². The minimum atomic E-state index is -0.168. The van der Waals surface area contributed by atoms with Crippen LogP contribution in [0.25, 0.3) is 0 Å². The third kappa shape index (κ3) is 5.65. The number of ether oxygens (including phenoxy) is 2. The molecule has 0 unspecified atom stereocenters. The molecule has 3 rings (SSSR count). The Kier molecular flexibility index (Phi) is 7.58. The van der Waals surface area contributed by atoms with E-state index in [1.54, 1.807) is 17.6 Å². The lowest BCUT2D eigenvalue weighted by Gasteiger charge is -2.13. The maximum atomic E-state index is 12.7. The number of thiazole rings is 1. The Hall–Kier alpha value is -2.70. The van der Waals surface area contributed by atoms with Crippen molar-refractivity contribution in [3.8, 4) is 5.75 Å². The van der Waals surface area contributed by atoms with E-state index in [2.05, 4.69) is 17.2 Å². The van der Waals surface area contributed by atoms with Crippen molar-refractivity contribution in [1.82, 2.24) is 10.3 Å². The van der Waals surface area contributed by atoms with Gasteiger partial charge >= 0.3 is 0 Å². The summed E-state index contributed by atoms with van der Waals surface area (Å²) >= 11 is 1.52. The third-order valence-corrected chi connectivity index (χ3v) is 4.79. The number of nitrogens with one attached hydrogen (secondary N) is 1. The molecule has 0 saturated carbocycles. The second kappa shape index (κ2) is 10.6. The van der Waals surface area contributed by atoms with E-state index in [1.807, 2.05) is 41.8 Å². The molecular formula is C22H24N2O3S. The first-order chi connectivity index (χ1) is 13.8. The van der Waals surface area contributed by atoms with Gasteiger partial charge in [0.25, 0.3) is 5.91 Å². The quantitative estimate of drug-likeness (QED) is 0.510. The number of carbonyl (C=O) groups excluding carboxylic acids is 1. The van der Waals surface area contributed by atoms with Gasteiger partial charge in [0.2, 0.25) is 0 Å². The maximum Gasteiger partial charge on any atom is 0.255 e.